The van der Waals surface area contributed by atoms with Crippen molar-refractivity contribution in [3.63, 3.8) is 0 Å². The average Bonchev–Trinajstić information content (AvgIpc) is 3.30. The first-order chi connectivity index (χ1) is 17.1. The maximum Gasteiger partial charge on any atom is 0.256 e. The topological polar surface area (TPSA) is 56.2 Å². The third kappa shape index (κ3) is 5.52. The number of aromatic nitrogens is 2. The highest BCUT2D eigenvalue weighted by Gasteiger charge is 2.26. The van der Waals surface area contributed by atoms with E-state index in [9.17, 15) is 26.7 Å². The van der Waals surface area contributed by atoms with E-state index >= 15 is 0 Å². The fourth-order valence-corrected chi connectivity index (χ4v) is 3.89. The number of anilines is 1. The molecule has 0 aliphatic heterocycles. The molecule has 4 aromatic rings. The van der Waals surface area contributed by atoms with Gasteiger partial charge in [0.1, 0.15) is 12.4 Å². The largest absolute Gasteiger partial charge is 0.487 e. The third-order valence-electron chi connectivity index (χ3n) is 5.01. The number of ether oxygens (including phenoxy) is 1. The second kappa shape index (κ2) is 10.7. The maximum atomic E-state index is 13.9. The van der Waals surface area contributed by atoms with Crippen LogP contribution in [0.1, 0.15) is 21.5 Å². The van der Waals surface area contributed by atoms with Gasteiger partial charge in [0.2, 0.25) is 5.82 Å². The van der Waals surface area contributed by atoms with Crippen LogP contribution in [0.5, 0.6) is 5.75 Å². The summed E-state index contributed by atoms with van der Waals surface area (Å²) < 4.78 is 75.2. The molecular weight excluding hydrogens is 573 g/mol. The SMILES string of the molecule is O=C(Nc1ccn(Cc2c(F)c(F)c(F)c(F)c2F)n1)c1ccc(COc2ccc(Br)cc2Cl)cc1. The molecule has 0 aliphatic carbocycles. The van der Waals surface area contributed by atoms with Gasteiger partial charge in [-0.1, -0.05) is 39.7 Å². The van der Waals surface area contributed by atoms with Crippen molar-refractivity contribution < 1.29 is 31.5 Å². The molecule has 36 heavy (non-hydrogen) atoms. The minimum Gasteiger partial charge on any atom is -0.487 e. The second-order valence-electron chi connectivity index (χ2n) is 7.46. The normalized spacial score (nSPS) is 11.0. The fourth-order valence-electron chi connectivity index (χ4n) is 3.16. The summed E-state index contributed by atoms with van der Waals surface area (Å²) in [5, 5.41) is 6.85. The van der Waals surface area contributed by atoms with Gasteiger partial charge >= 0.3 is 0 Å². The average molecular weight is 587 g/mol. The second-order valence-corrected chi connectivity index (χ2v) is 8.78. The van der Waals surface area contributed by atoms with Gasteiger partial charge in [-0.05, 0) is 35.9 Å². The molecule has 0 saturated carbocycles. The number of nitrogens with one attached hydrogen (secondary N) is 1. The van der Waals surface area contributed by atoms with E-state index < -0.39 is 47.1 Å². The Hall–Kier alpha value is -3.44. The van der Waals surface area contributed by atoms with E-state index in [2.05, 4.69) is 26.3 Å². The lowest BCUT2D eigenvalue weighted by Crippen LogP contribution is -2.14. The van der Waals surface area contributed by atoms with Crippen molar-refractivity contribution >= 4 is 39.3 Å². The number of halogens is 7. The summed E-state index contributed by atoms with van der Waals surface area (Å²) in [5.41, 5.74) is 0.0157. The predicted octanol–water partition coefficient (Wildman–Crippen LogP) is 6.87. The van der Waals surface area contributed by atoms with E-state index in [0.29, 0.717) is 10.8 Å². The standard InChI is InChI=1S/C24H14BrClF5N3O2/c25-14-5-6-17(16(26)9-14)36-11-12-1-3-13(4-2-12)24(35)32-18-7-8-34(33-18)10-15-19(27)21(29)23(31)22(30)20(15)28/h1-9H,10-11H2,(H,32,33,35). The lowest BCUT2D eigenvalue weighted by molar-refractivity contribution is 0.102. The van der Waals surface area contributed by atoms with E-state index in [4.69, 9.17) is 16.3 Å². The van der Waals surface area contributed by atoms with E-state index in [0.717, 1.165) is 14.7 Å². The molecule has 1 aromatic heterocycles. The maximum absolute atomic E-state index is 13.9. The van der Waals surface area contributed by atoms with Gasteiger partial charge in [0.15, 0.2) is 29.1 Å². The van der Waals surface area contributed by atoms with Gasteiger partial charge in [0, 0.05) is 22.3 Å². The summed E-state index contributed by atoms with van der Waals surface area (Å²) >= 11 is 9.43. The van der Waals surface area contributed by atoms with Crippen LogP contribution >= 0.6 is 27.5 Å². The molecule has 0 fully saturated rings. The Balaban J connectivity index is 1.38. The van der Waals surface area contributed by atoms with E-state index in [1.165, 1.54) is 12.3 Å². The van der Waals surface area contributed by atoms with Gasteiger partial charge in [-0.25, -0.2) is 22.0 Å². The van der Waals surface area contributed by atoms with Crippen LogP contribution in [0.2, 0.25) is 5.02 Å². The van der Waals surface area contributed by atoms with Crippen LogP contribution < -0.4 is 10.1 Å². The van der Waals surface area contributed by atoms with Crippen LogP contribution in [-0.2, 0) is 13.2 Å². The molecule has 12 heteroatoms. The van der Waals surface area contributed by atoms with Crippen molar-refractivity contribution in [1.29, 1.82) is 0 Å². The molecule has 186 valence electrons. The lowest BCUT2D eigenvalue weighted by Gasteiger charge is -2.09. The molecule has 0 radical (unpaired) electrons. The third-order valence-corrected chi connectivity index (χ3v) is 5.80. The van der Waals surface area contributed by atoms with Crippen LogP contribution in [0.4, 0.5) is 27.8 Å². The number of nitrogens with zero attached hydrogens (tertiary/aromatic N) is 2. The number of benzene rings is 3. The number of hydrogen-bond acceptors (Lipinski definition) is 3. The Morgan fingerprint density at radius 1 is 0.944 bits per heavy atom. The highest BCUT2D eigenvalue weighted by molar-refractivity contribution is 9.10. The smallest absolute Gasteiger partial charge is 0.256 e. The Morgan fingerprint density at radius 2 is 1.58 bits per heavy atom. The first-order valence-electron chi connectivity index (χ1n) is 10.2. The molecule has 0 unspecified atom stereocenters. The van der Waals surface area contributed by atoms with Crippen molar-refractivity contribution in [3.05, 3.63) is 110 Å². The van der Waals surface area contributed by atoms with Crippen molar-refractivity contribution in [2.24, 2.45) is 0 Å². The molecule has 5 nitrogen and oxygen atoms in total. The molecule has 0 bridgehead atoms. The number of carbonyl (C=O) groups excluding carboxylic acids is 1. The zero-order chi connectivity index (χ0) is 26.0. The summed E-state index contributed by atoms with van der Waals surface area (Å²) in [4.78, 5) is 12.5. The summed E-state index contributed by atoms with van der Waals surface area (Å²) in [6.45, 7) is -0.524. The van der Waals surface area contributed by atoms with Gasteiger partial charge < -0.3 is 10.1 Å². The number of carbonyl (C=O) groups is 1. The Labute approximate surface area is 214 Å². The Morgan fingerprint density at radius 3 is 2.22 bits per heavy atom. The van der Waals surface area contributed by atoms with Crippen molar-refractivity contribution in [3.8, 4) is 5.75 Å². The lowest BCUT2D eigenvalue weighted by atomic mass is 10.1. The molecule has 1 heterocycles. The first-order valence-corrected chi connectivity index (χ1v) is 11.3. The first kappa shape index (κ1) is 25.6. The zero-order valence-corrected chi connectivity index (χ0v) is 20.3. The van der Waals surface area contributed by atoms with Gasteiger partial charge in [-0.3, -0.25) is 9.48 Å². The number of rotatable bonds is 7. The Kier molecular flexibility index (Phi) is 7.60. The van der Waals surface area contributed by atoms with Gasteiger partial charge in [0.25, 0.3) is 5.91 Å². The number of amides is 1. The fraction of sp³-hybridized carbons (Fsp3) is 0.0833. The highest BCUT2D eigenvalue weighted by Crippen LogP contribution is 2.28. The molecule has 0 aliphatic rings. The molecule has 0 spiro atoms. The highest BCUT2D eigenvalue weighted by atomic mass is 79.9. The zero-order valence-electron chi connectivity index (χ0n) is 18.0. The van der Waals surface area contributed by atoms with Crippen LogP contribution in [0.15, 0.2) is 59.2 Å². The van der Waals surface area contributed by atoms with E-state index in [1.54, 1.807) is 42.5 Å². The van der Waals surface area contributed by atoms with Crippen LogP contribution in [0.3, 0.4) is 0 Å². The summed E-state index contributed by atoms with van der Waals surface area (Å²) in [6, 6.07) is 13.0. The van der Waals surface area contributed by atoms with Crippen LogP contribution in [0, 0.1) is 29.1 Å². The molecule has 1 N–H and O–H groups in total. The molecule has 1 amide bonds. The molecule has 0 saturated heterocycles. The van der Waals surface area contributed by atoms with Crippen molar-refractivity contribution in [2.45, 2.75) is 13.2 Å². The minimum absolute atomic E-state index is 0.0150. The van der Waals surface area contributed by atoms with Crippen molar-refractivity contribution in [1.82, 2.24) is 9.78 Å². The predicted molar refractivity (Wildman–Crippen MR) is 125 cm³/mol. The monoisotopic (exact) mass is 585 g/mol. The van der Waals surface area contributed by atoms with Crippen molar-refractivity contribution in [2.75, 3.05) is 5.32 Å². The van der Waals surface area contributed by atoms with Gasteiger partial charge in [0.05, 0.1) is 17.1 Å². The molecular formula is C24H14BrClF5N3O2. The van der Waals surface area contributed by atoms with Crippen LogP contribution in [0.25, 0.3) is 0 Å². The Bertz CT molecular complexity index is 1420. The molecule has 0 atom stereocenters. The number of hydrogen-bond donors (Lipinski definition) is 1. The molecule has 4 rings (SSSR count). The summed E-state index contributed by atoms with van der Waals surface area (Å²) in [7, 11) is 0. The van der Waals surface area contributed by atoms with Gasteiger partial charge in [-0.15, -0.1) is 0 Å². The molecule has 3 aromatic carbocycles. The van der Waals surface area contributed by atoms with Crippen LogP contribution in [-0.4, -0.2) is 15.7 Å². The minimum atomic E-state index is -2.24. The van der Waals surface area contributed by atoms with E-state index in [1.807, 2.05) is 0 Å². The summed E-state index contributed by atoms with van der Waals surface area (Å²) in [5.74, 6) is -10.2. The van der Waals surface area contributed by atoms with Gasteiger partial charge in [-0.2, -0.15) is 5.10 Å². The quantitative estimate of drug-likeness (QED) is 0.146. The van der Waals surface area contributed by atoms with E-state index in [-0.39, 0.29) is 18.0 Å². The summed E-state index contributed by atoms with van der Waals surface area (Å²) in [6.07, 6.45) is 1.22.